The van der Waals surface area contributed by atoms with E-state index in [9.17, 15) is 9.36 Å². The van der Waals surface area contributed by atoms with E-state index in [1.54, 1.807) is 0 Å². The van der Waals surface area contributed by atoms with Gasteiger partial charge in [-0.15, -0.1) is 0 Å². The molecule has 1 aromatic rings. The molecule has 0 radical (unpaired) electrons. The Kier molecular flexibility index (Phi) is 7.10. The maximum absolute atomic E-state index is 11.6. The molecular weight excluding hydrogens is 453 g/mol. The van der Waals surface area contributed by atoms with Crippen LogP contribution < -0.4 is 5.32 Å². The van der Waals surface area contributed by atoms with E-state index in [1.807, 2.05) is 12.1 Å². The van der Waals surface area contributed by atoms with Crippen LogP contribution in [0.4, 0.5) is 5.69 Å². The van der Waals surface area contributed by atoms with Crippen molar-refractivity contribution >= 4 is 67.4 Å². The van der Waals surface area contributed by atoms with Crippen LogP contribution in [0.15, 0.2) is 25.6 Å². The van der Waals surface area contributed by atoms with Crippen LogP contribution in [0.25, 0.3) is 0 Å². The largest absolute Gasteiger partial charge is 0.346 e. The Morgan fingerprint density at radius 1 is 1.28 bits per heavy atom. The summed E-state index contributed by atoms with van der Waals surface area (Å²) in [6.07, 6.45) is 0.818. The zero-order valence-corrected chi connectivity index (χ0v) is 14.9. The molecule has 2 N–H and O–H groups in total. The van der Waals surface area contributed by atoms with Gasteiger partial charge in [0.1, 0.15) is 0 Å². The summed E-state index contributed by atoms with van der Waals surface area (Å²) in [4.78, 5) is 20.3. The second kappa shape index (κ2) is 7.80. The van der Waals surface area contributed by atoms with Crippen molar-refractivity contribution in [2.45, 2.75) is 12.8 Å². The lowest BCUT2D eigenvalue weighted by molar-refractivity contribution is -0.116. The molecule has 0 spiro atoms. The van der Waals surface area contributed by atoms with E-state index in [-0.39, 0.29) is 18.5 Å². The van der Waals surface area contributed by atoms with Crippen molar-refractivity contribution in [2.24, 2.45) is 0 Å². The number of hydrogen-bond acceptors (Lipinski definition) is 2. The lowest BCUT2D eigenvalue weighted by Gasteiger charge is -2.10. The van der Waals surface area contributed by atoms with E-state index in [0.29, 0.717) is 12.1 Å². The number of nitrogens with one attached hydrogen (secondary N) is 1. The molecule has 0 bridgehead atoms. The van der Waals surface area contributed by atoms with Gasteiger partial charge in [-0.25, -0.2) is 0 Å². The molecule has 4 nitrogen and oxygen atoms in total. The molecule has 0 heterocycles. The van der Waals surface area contributed by atoms with Crippen molar-refractivity contribution < 1.29 is 14.3 Å². The number of hydrogen-bond donors (Lipinski definition) is 2. The van der Waals surface area contributed by atoms with Gasteiger partial charge in [-0.05, 0) is 50.4 Å². The Balaban J connectivity index is 2.62. The molecule has 1 rings (SSSR count). The minimum atomic E-state index is -2.48. The third-order valence-corrected chi connectivity index (χ3v) is 4.56. The molecule has 8 heteroatoms. The quantitative estimate of drug-likeness (QED) is 0.644. The molecule has 1 unspecified atom stereocenters. The fraction of sp³-hybridized carbons (Fsp3) is 0.300. The molecule has 0 saturated carbocycles. The van der Waals surface area contributed by atoms with E-state index in [1.165, 1.54) is 0 Å². The van der Waals surface area contributed by atoms with Crippen LogP contribution in [0.5, 0.6) is 0 Å². The Bertz CT molecular complexity index is 458. The number of amides is 1. The van der Waals surface area contributed by atoms with Crippen LogP contribution in [0.2, 0.25) is 0 Å². The van der Waals surface area contributed by atoms with Crippen molar-refractivity contribution in [1.82, 2.24) is 0 Å². The first-order valence-corrected chi connectivity index (χ1v) is 9.00. The minimum absolute atomic E-state index is 0.179. The molecular formula is C10H11Br3NO3P. The van der Waals surface area contributed by atoms with E-state index in [0.717, 1.165) is 13.4 Å². The molecule has 18 heavy (non-hydrogen) atoms. The fourth-order valence-electron chi connectivity index (χ4n) is 1.26. The van der Waals surface area contributed by atoms with Crippen LogP contribution in [-0.4, -0.2) is 17.0 Å². The third-order valence-electron chi connectivity index (χ3n) is 2.07. The first kappa shape index (κ1) is 16.4. The van der Waals surface area contributed by atoms with Crippen LogP contribution in [0.3, 0.4) is 0 Å². The summed E-state index contributed by atoms with van der Waals surface area (Å²) in [5, 5.41) is 2.75. The van der Waals surface area contributed by atoms with Crippen molar-refractivity contribution in [3.63, 3.8) is 0 Å². The number of carbonyl (C=O) groups excluding carboxylic acids is 1. The lowest BCUT2D eigenvalue weighted by Crippen LogP contribution is -2.12. The molecule has 0 aliphatic carbocycles. The normalized spacial score (nSPS) is 12.2. The van der Waals surface area contributed by atoms with Gasteiger partial charge in [0.25, 0.3) is 0 Å². The monoisotopic (exact) mass is 461 g/mol. The average molecular weight is 464 g/mol. The highest BCUT2D eigenvalue weighted by atomic mass is 79.9. The van der Waals surface area contributed by atoms with Crippen molar-refractivity contribution in [1.29, 1.82) is 0 Å². The molecule has 0 aliphatic rings. The third kappa shape index (κ3) is 5.53. The highest BCUT2D eigenvalue weighted by molar-refractivity contribution is 9.11. The van der Waals surface area contributed by atoms with Crippen LogP contribution in [-0.2, 0) is 9.36 Å². The summed E-state index contributed by atoms with van der Waals surface area (Å²) in [6, 6.07) is 3.65. The van der Waals surface area contributed by atoms with Gasteiger partial charge in [0.15, 0.2) is 8.03 Å². The SMILES string of the molecule is O=C(CCC[PH](=O)O)Nc1c(Br)cc(Br)cc1Br. The highest BCUT2D eigenvalue weighted by Crippen LogP contribution is 2.34. The fourth-order valence-corrected chi connectivity index (χ4v) is 4.20. The Hall–Kier alpha value is 0.320. The Morgan fingerprint density at radius 2 is 1.83 bits per heavy atom. The van der Waals surface area contributed by atoms with E-state index < -0.39 is 8.03 Å². The molecule has 0 fully saturated rings. The maximum atomic E-state index is 11.6. The van der Waals surface area contributed by atoms with Crippen LogP contribution in [0, 0.1) is 0 Å². The molecule has 1 atom stereocenters. The molecule has 0 aromatic heterocycles. The summed E-state index contributed by atoms with van der Waals surface area (Å²) in [6.45, 7) is 0. The maximum Gasteiger partial charge on any atom is 0.224 e. The summed E-state index contributed by atoms with van der Waals surface area (Å²) in [5.41, 5.74) is 0.653. The summed E-state index contributed by atoms with van der Waals surface area (Å²) in [7, 11) is -2.48. The van der Waals surface area contributed by atoms with Crippen molar-refractivity contribution in [3.8, 4) is 0 Å². The van der Waals surface area contributed by atoms with Crippen LogP contribution in [0.1, 0.15) is 12.8 Å². The number of carbonyl (C=O) groups is 1. The van der Waals surface area contributed by atoms with Gasteiger partial charge in [0, 0.05) is 26.0 Å². The Labute approximate surface area is 131 Å². The molecule has 0 aliphatic heterocycles. The first-order valence-electron chi connectivity index (χ1n) is 5.06. The summed E-state index contributed by atoms with van der Waals surface area (Å²) in [5.74, 6) is -0.179. The number of rotatable bonds is 5. The first-order chi connectivity index (χ1) is 8.40. The van der Waals surface area contributed by atoms with E-state index in [4.69, 9.17) is 4.89 Å². The molecule has 0 saturated heterocycles. The van der Waals surface area contributed by atoms with Gasteiger partial charge >= 0.3 is 0 Å². The predicted molar refractivity (Wildman–Crippen MR) is 83.5 cm³/mol. The summed E-state index contributed by atoms with van der Waals surface area (Å²) >= 11 is 10.1. The number of anilines is 1. The zero-order valence-electron chi connectivity index (χ0n) is 9.17. The van der Waals surface area contributed by atoms with Crippen molar-refractivity contribution in [3.05, 3.63) is 25.6 Å². The van der Waals surface area contributed by atoms with Crippen LogP contribution >= 0.6 is 55.8 Å². The highest BCUT2D eigenvalue weighted by Gasteiger charge is 2.10. The predicted octanol–water partition coefficient (Wildman–Crippen LogP) is 4.16. The van der Waals surface area contributed by atoms with Gasteiger partial charge in [-0.2, -0.15) is 0 Å². The zero-order chi connectivity index (χ0) is 13.7. The topological polar surface area (TPSA) is 66.4 Å². The second-order valence-electron chi connectivity index (χ2n) is 3.54. The smallest absolute Gasteiger partial charge is 0.224 e. The van der Waals surface area contributed by atoms with E-state index >= 15 is 0 Å². The van der Waals surface area contributed by atoms with Gasteiger partial charge in [0.05, 0.1) is 5.69 Å². The molecule has 1 aromatic carbocycles. The molecule has 100 valence electrons. The van der Waals surface area contributed by atoms with Crippen molar-refractivity contribution in [2.75, 3.05) is 11.5 Å². The average Bonchev–Trinajstić information content (AvgIpc) is 2.22. The Morgan fingerprint density at radius 3 is 2.33 bits per heavy atom. The number of benzene rings is 1. The van der Waals surface area contributed by atoms with Gasteiger partial charge in [-0.3, -0.25) is 9.36 Å². The van der Waals surface area contributed by atoms with E-state index in [2.05, 4.69) is 53.1 Å². The number of halogens is 3. The minimum Gasteiger partial charge on any atom is -0.346 e. The lowest BCUT2D eigenvalue weighted by atomic mass is 10.3. The van der Waals surface area contributed by atoms with Gasteiger partial charge in [0.2, 0.25) is 5.91 Å². The summed E-state index contributed by atoms with van der Waals surface area (Å²) < 4.78 is 12.9. The van der Waals surface area contributed by atoms with Gasteiger partial charge in [-0.1, -0.05) is 15.9 Å². The second-order valence-corrected chi connectivity index (χ2v) is 7.45. The standard InChI is InChI=1S/C10H11Br3NO3P/c11-6-4-7(12)10(8(13)5-6)14-9(15)2-1-3-18(16)17/h4-5,18H,1-3H2,(H,14,15)(H,16,17). The molecule has 1 amide bonds. The van der Waals surface area contributed by atoms with Gasteiger partial charge < -0.3 is 10.2 Å².